The number of alkyl halides is 1. The van der Waals surface area contributed by atoms with Crippen LogP contribution >= 0.6 is 11.6 Å². The molecule has 3 atom stereocenters. The highest BCUT2D eigenvalue weighted by molar-refractivity contribution is 6.18. The molecule has 0 amide bonds. The third kappa shape index (κ3) is 3.00. The van der Waals surface area contributed by atoms with Gasteiger partial charge in [-0.25, -0.2) is 9.37 Å². The van der Waals surface area contributed by atoms with Crippen molar-refractivity contribution in [2.45, 2.75) is 38.3 Å². The first kappa shape index (κ1) is 16.4. The Morgan fingerprint density at radius 1 is 1.39 bits per heavy atom. The van der Waals surface area contributed by atoms with Crippen molar-refractivity contribution in [1.82, 2.24) is 14.8 Å². The van der Waals surface area contributed by atoms with Crippen molar-refractivity contribution >= 4 is 11.6 Å². The Bertz CT molecular complexity index is 648. The topological polar surface area (TPSA) is 50.9 Å². The number of nitrogens with zero attached hydrogens (tertiary/aromatic N) is 3. The van der Waals surface area contributed by atoms with Gasteiger partial charge in [0.2, 0.25) is 0 Å². The maximum absolute atomic E-state index is 13.1. The van der Waals surface area contributed by atoms with Crippen LogP contribution in [-0.2, 0) is 13.0 Å². The molecule has 3 rings (SSSR count). The zero-order chi connectivity index (χ0) is 16.5. The average molecular weight is 338 g/mol. The van der Waals surface area contributed by atoms with Crippen LogP contribution in [0.15, 0.2) is 36.9 Å². The molecule has 2 aromatic rings. The van der Waals surface area contributed by atoms with Crippen LogP contribution in [0.3, 0.4) is 0 Å². The minimum atomic E-state index is -0.975. The predicted octanol–water partition coefficient (Wildman–Crippen LogP) is 3.05. The first-order valence-electron chi connectivity index (χ1n) is 7.82. The summed E-state index contributed by atoms with van der Waals surface area (Å²) in [6.45, 7) is 2.39. The molecule has 0 unspecified atom stereocenters. The first-order chi connectivity index (χ1) is 11.0. The van der Waals surface area contributed by atoms with Crippen LogP contribution < -0.4 is 0 Å². The lowest BCUT2D eigenvalue weighted by atomic mass is 9.72. The quantitative estimate of drug-likeness (QED) is 0.853. The minimum absolute atomic E-state index is 0.0425. The highest BCUT2D eigenvalue weighted by atomic mass is 35.5. The molecular weight excluding hydrogens is 317 g/mol. The number of aliphatic hydroxyl groups is 1. The van der Waals surface area contributed by atoms with E-state index >= 15 is 0 Å². The summed E-state index contributed by atoms with van der Waals surface area (Å²) in [4.78, 5) is 3.95. The van der Waals surface area contributed by atoms with Crippen molar-refractivity contribution in [1.29, 1.82) is 0 Å². The van der Waals surface area contributed by atoms with Crippen molar-refractivity contribution in [3.05, 3.63) is 48.3 Å². The molecule has 1 saturated carbocycles. The molecular formula is C17H21ClFN3O. The van der Waals surface area contributed by atoms with E-state index in [1.54, 1.807) is 23.1 Å². The third-order valence-electron chi connectivity index (χ3n) is 5.33. The molecule has 124 valence electrons. The fourth-order valence-corrected chi connectivity index (χ4v) is 4.05. The van der Waals surface area contributed by atoms with Gasteiger partial charge in [0.1, 0.15) is 18.5 Å². The molecule has 1 heterocycles. The maximum atomic E-state index is 13.1. The van der Waals surface area contributed by atoms with Gasteiger partial charge in [-0.15, -0.1) is 11.6 Å². The molecule has 0 radical (unpaired) electrons. The van der Waals surface area contributed by atoms with Crippen LogP contribution in [0.25, 0.3) is 0 Å². The molecule has 1 aliphatic carbocycles. The smallest absolute Gasteiger partial charge is 0.137 e. The van der Waals surface area contributed by atoms with Gasteiger partial charge in [-0.05, 0) is 42.9 Å². The van der Waals surface area contributed by atoms with Crippen LogP contribution in [0.1, 0.15) is 25.3 Å². The van der Waals surface area contributed by atoms with E-state index in [9.17, 15) is 9.50 Å². The third-order valence-corrected chi connectivity index (χ3v) is 5.91. The van der Waals surface area contributed by atoms with Gasteiger partial charge in [0, 0.05) is 11.3 Å². The molecule has 1 aromatic carbocycles. The minimum Gasteiger partial charge on any atom is -0.387 e. The molecule has 0 saturated heterocycles. The summed E-state index contributed by atoms with van der Waals surface area (Å²) in [6, 6.07) is 6.48. The van der Waals surface area contributed by atoms with Gasteiger partial charge < -0.3 is 5.11 Å². The second-order valence-electron chi connectivity index (χ2n) is 6.78. The van der Waals surface area contributed by atoms with E-state index in [1.807, 2.05) is 6.92 Å². The van der Waals surface area contributed by atoms with Crippen LogP contribution in [-0.4, -0.2) is 31.4 Å². The summed E-state index contributed by atoms with van der Waals surface area (Å²) in [5.74, 6) is 0.183. The lowest BCUT2D eigenvalue weighted by Gasteiger charge is -2.42. The van der Waals surface area contributed by atoms with Gasteiger partial charge in [-0.1, -0.05) is 19.1 Å². The second kappa shape index (κ2) is 6.21. The molecule has 1 aliphatic rings. The number of halogens is 2. The normalized spacial score (nSPS) is 30.7. The fraction of sp³-hybridized carbons (Fsp3) is 0.529. The summed E-state index contributed by atoms with van der Waals surface area (Å²) >= 11 is 6.21. The Morgan fingerprint density at radius 3 is 2.74 bits per heavy atom. The second-order valence-corrected chi connectivity index (χ2v) is 7.05. The molecule has 0 spiro atoms. The first-order valence-corrected chi connectivity index (χ1v) is 8.35. The van der Waals surface area contributed by atoms with Gasteiger partial charge in [0.25, 0.3) is 0 Å². The molecule has 0 aliphatic heterocycles. The largest absolute Gasteiger partial charge is 0.387 e. The molecule has 1 aromatic heterocycles. The Morgan fingerprint density at radius 2 is 2.13 bits per heavy atom. The van der Waals surface area contributed by atoms with E-state index in [0.717, 1.165) is 18.4 Å². The van der Waals surface area contributed by atoms with E-state index in [0.29, 0.717) is 18.8 Å². The summed E-state index contributed by atoms with van der Waals surface area (Å²) in [7, 11) is 0. The lowest BCUT2D eigenvalue weighted by molar-refractivity contribution is -0.0891. The molecule has 0 bridgehead atoms. The van der Waals surface area contributed by atoms with Gasteiger partial charge in [0.05, 0.1) is 12.1 Å². The number of aromatic nitrogens is 3. The molecule has 23 heavy (non-hydrogen) atoms. The number of benzene rings is 1. The summed E-state index contributed by atoms with van der Waals surface area (Å²) < 4.78 is 14.8. The van der Waals surface area contributed by atoms with Crippen molar-refractivity contribution < 1.29 is 9.50 Å². The van der Waals surface area contributed by atoms with Crippen molar-refractivity contribution in [3.63, 3.8) is 0 Å². The van der Waals surface area contributed by atoms with Gasteiger partial charge in [-0.2, -0.15) is 5.10 Å². The van der Waals surface area contributed by atoms with Crippen LogP contribution in [0.4, 0.5) is 4.39 Å². The molecule has 4 nitrogen and oxygen atoms in total. The Kier molecular flexibility index (Phi) is 4.43. The monoisotopic (exact) mass is 337 g/mol. The van der Waals surface area contributed by atoms with E-state index < -0.39 is 5.60 Å². The number of hydrogen-bond acceptors (Lipinski definition) is 3. The lowest BCUT2D eigenvalue weighted by Crippen LogP contribution is -2.51. The van der Waals surface area contributed by atoms with Gasteiger partial charge >= 0.3 is 0 Å². The van der Waals surface area contributed by atoms with Gasteiger partial charge in [-0.3, -0.25) is 4.68 Å². The zero-order valence-electron chi connectivity index (χ0n) is 13.1. The summed E-state index contributed by atoms with van der Waals surface area (Å²) in [6.07, 6.45) is 5.50. The predicted molar refractivity (Wildman–Crippen MR) is 86.6 cm³/mol. The van der Waals surface area contributed by atoms with Crippen LogP contribution in [0.2, 0.25) is 0 Å². The highest BCUT2D eigenvalue weighted by Gasteiger charge is 2.56. The summed E-state index contributed by atoms with van der Waals surface area (Å²) in [5, 5.41) is 15.6. The zero-order valence-corrected chi connectivity index (χ0v) is 13.9. The van der Waals surface area contributed by atoms with Crippen molar-refractivity contribution in [3.8, 4) is 0 Å². The van der Waals surface area contributed by atoms with E-state index in [1.165, 1.54) is 18.5 Å². The van der Waals surface area contributed by atoms with E-state index in [2.05, 4.69) is 10.1 Å². The highest BCUT2D eigenvalue weighted by Crippen LogP contribution is 2.52. The van der Waals surface area contributed by atoms with E-state index in [-0.39, 0.29) is 17.2 Å². The van der Waals surface area contributed by atoms with Crippen molar-refractivity contribution in [2.75, 3.05) is 5.88 Å². The Balaban J connectivity index is 1.87. The standard InChI is InChI=1S/C17H21ClFN3O/c1-16(9-18)7-6-14(8-13-2-4-15(19)5-3-13)17(16,23)10-22-12-20-11-21-22/h2-5,11-12,14,23H,6-10H2,1H3/t14-,16-,17+/m0/s1. The van der Waals surface area contributed by atoms with E-state index in [4.69, 9.17) is 11.6 Å². The molecule has 6 heteroatoms. The van der Waals surface area contributed by atoms with Crippen LogP contribution in [0, 0.1) is 17.2 Å². The van der Waals surface area contributed by atoms with Gasteiger partial charge in [0.15, 0.2) is 0 Å². The Labute approximate surface area is 140 Å². The van der Waals surface area contributed by atoms with Crippen molar-refractivity contribution in [2.24, 2.45) is 11.3 Å². The number of rotatable bonds is 5. The SMILES string of the molecule is C[C@@]1(CCl)CC[C@@H](Cc2ccc(F)cc2)[C@]1(O)Cn1cncn1. The molecule has 1 N–H and O–H groups in total. The van der Waals surface area contributed by atoms with Crippen LogP contribution in [0.5, 0.6) is 0 Å². The Hall–Kier alpha value is -1.46. The maximum Gasteiger partial charge on any atom is 0.137 e. The average Bonchev–Trinajstić information content (AvgIpc) is 3.12. The fourth-order valence-electron chi connectivity index (χ4n) is 3.68. The number of hydrogen-bond donors (Lipinski definition) is 1. The summed E-state index contributed by atoms with van der Waals surface area (Å²) in [5.41, 5.74) is -0.338. The molecule has 1 fully saturated rings.